The summed E-state index contributed by atoms with van der Waals surface area (Å²) in [4.78, 5) is 30.2. The van der Waals surface area contributed by atoms with Gasteiger partial charge in [0.05, 0.1) is 0 Å². The van der Waals surface area contributed by atoms with Crippen LogP contribution in [0.2, 0.25) is 0 Å². The Morgan fingerprint density at radius 3 is 3.05 bits per heavy atom. The van der Waals surface area contributed by atoms with Gasteiger partial charge in [0.15, 0.2) is 0 Å². The summed E-state index contributed by atoms with van der Waals surface area (Å²) < 4.78 is 5.95. The number of likely N-dealkylation sites (tertiary alicyclic amines) is 1. The Bertz CT molecular complexity index is 707. The van der Waals surface area contributed by atoms with Crippen molar-refractivity contribution in [3.63, 3.8) is 0 Å². The second-order valence-electron chi connectivity index (χ2n) is 5.66. The molecule has 3 heterocycles. The first-order chi connectivity index (χ1) is 10.6. The van der Waals surface area contributed by atoms with Crippen LogP contribution in [0.4, 0.5) is 0 Å². The average molecular weight is 302 g/mol. The normalized spacial score (nSPS) is 18.4. The van der Waals surface area contributed by atoms with E-state index in [1.54, 1.807) is 29.3 Å². The van der Waals surface area contributed by atoms with Crippen molar-refractivity contribution in [3.05, 3.63) is 34.9 Å². The summed E-state index contributed by atoms with van der Waals surface area (Å²) in [5, 5.41) is 3.74. The molecular weight excluding hydrogens is 284 g/mol. The van der Waals surface area contributed by atoms with E-state index in [1.807, 2.05) is 0 Å². The Kier molecular flexibility index (Phi) is 4.04. The summed E-state index contributed by atoms with van der Waals surface area (Å²) in [5.74, 6) is 0.0456. The topological polar surface area (TPSA) is 81.2 Å². The molecule has 0 bridgehead atoms. The summed E-state index contributed by atoms with van der Waals surface area (Å²) >= 11 is 0. The van der Waals surface area contributed by atoms with Crippen LogP contribution in [-0.2, 0) is 11.3 Å². The van der Waals surface area contributed by atoms with Crippen molar-refractivity contribution < 1.29 is 9.32 Å². The Morgan fingerprint density at radius 1 is 1.45 bits per heavy atom. The van der Waals surface area contributed by atoms with Crippen molar-refractivity contribution in [2.75, 3.05) is 13.1 Å². The molecule has 0 saturated carbocycles. The van der Waals surface area contributed by atoms with Crippen molar-refractivity contribution in [1.29, 1.82) is 0 Å². The predicted molar refractivity (Wildman–Crippen MR) is 79.0 cm³/mol. The van der Waals surface area contributed by atoms with Gasteiger partial charge < -0.3 is 4.90 Å². The van der Waals surface area contributed by atoms with Gasteiger partial charge in [-0.3, -0.25) is 14.3 Å². The zero-order chi connectivity index (χ0) is 15.5. The fourth-order valence-corrected chi connectivity index (χ4v) is 2.74. The van der Waals surface area contributed by atoms with Crippen LogP contribution in [0.15, 0.2) is 33.7 Å². The van der Waals surface area contributed by atoms with E-state index in [9.17, 15) is 9.59 Å². The summed E-state index contributed by atoms with van der Waals surface area (Å²) in [6.45, 7) is 3.53. The number of rotatable bonds is 3. The highest BCUT2D eigenvalue weighted by Crippen LogP contribution is 2.17. The largest absolute Gasteiger partial charge is 0.442 e. The van der Waals surface area contributed by atoms with Crippen LogP contribution < -0.4 is 5.76 Å². The van der Waals surface area contributed by atoms with Crippen molar-refractivity contribution >= 4 is 5.91 Å². The molecule has 1 unspecified atom stereocenters. The van der Waals surface area contributed by atoms with E-state index in [0.29, 0.717) is 11.6 Å². The number of carbonyl (C=O) groups excluding carboxylic acids is 1. The van der Waals surface area contributed by atoms with E-state index < -0.39 is 5.76 Å². The lowest BCUT2D eigenvalue weighted by molar-refractivity contribution is -0.133. The van der Waals surface area contributed by atoms with Crippen LogP contribution >= 0.6 is 0 Å². The van der Waals surface area contributed by atoms with Gasteiger partial charge in [0, 0.05) is 19.3 Å². The molecule has 1 saturated heterocycles. The van der Waals surface area contributed by atoms with Crippen LogP contribution in [0.25, 0.3) is 11.5 Å². The Hall–Kier alpha value is -2.44. The number of hydrogen-bond acceptors (Lipinski definition) is 5. The molecule has 0 spiro atoms. The Morgan fingerprint density at radius 2 is 2.32 bits per heavy atom. The lowest BCUT2D eigenvalue weighted by Crippen LogP contribution is -2.41. The fraction of sp³-hybridized carbons (Fsp3) is 0.467. The van der Waals surface area contributed by atoms with E-state index in [1.165, 1.54) is 4.57 Å². The fourth-order valence-electron chi connectivity index (χ4n) is 2.74. The van der Waals surface area contributed by atoms with E-state index in [2.05, 4.69) is 17.1 Å². The molecular formula is C15H18N4O3. The highest BCUT2D eigenvalue weighted by molar-refractivity contribution is 5.76. The molecule has 116 valence electrons. The van der Waals surface area contributed by atoms with Gasteiger partial charge in [-0.05, 0) is 30.9 Å². The van der Waals surface area contributed by atoms with Gasteiger partial charge in [-0.2, -0.15) is 0 Å². The monoisotopic (exact) mass is 302 g/mol. The molecule has 0 N–H and O–H groups in total. The van der Waals surface area contributed by atoms with Gasteiger partial charge in [-0.1, -0.05) is 18.1 Å². The van der Waals surface area contributed by atoms with Crippen LogP contribution in [-0.4, -0.2) is 38.6 Å². The second kappa shape index (κ2) is 6.13. The van der Waals surface area contributed by atoms with Gasteiger partial charge in [-0.15, -0.1) is 0 Å². The van der Waals surface area contributed by atoms with Gasteiger partial charge in [0.25, 0.3) is 0 Å². The van der Waals surface area contributed by atoms with Crippen LogP contribution in [0.1, 0.15) is 19.8 Å². The summed E-state index contributed by atoms with van der Waals surface area (Å²) in [5.41, 5.74) is 0.508. The smallest absolute Gasteiger partial charge is 0.341 e. The first kappa shape index (κ1) is 14.5. The molecule has 7 nitrogen and oxygen atoms in total. The Balaban J connectivity index is 1.82. The predicted octanol–water partition coefficient (Wildman–Crippen LogP) is 1.16. The van der Waals surface area contributed by atoms with Crippen molar-refractivity contribution in [3.8, 4) is 11.5 Å². The first-order valence-electron chi connectivity index (χ1n) is 7.41. The highest BCUT2D eigenvalue weighted by atomic mass is 16.5. The van der Waals surface area contributed by atoms with Crippen molar-refractivity contribution in [2.45, 2.75) is 26.3 Å². The third kappa shape index (κ3) is 2.93. The van der Waals surface area contributed by atoms with Gasteiger partial charge in [-0.25, -0.2) is 9.36 Å². The summed E-state index contributed by atoms with van der Waals surface area (Å²) in [7, 11) is 0. The lowest BCUT2D eigenvalue weighted by Gasteiger charge is -2.30. The molecule has 1 fully saturated rings. The maximum atomic E-state index is 12.4. The molecule has 1 aliphatic rings. The number of carbonyl (C=O) groups is 1. The van der Waals surface area contributed by atoms with E-state index in [-0.39, 0.29) is 18.3 Å². The van der Waals surface area contributed by atoms with Crippen molar-refractivity contribution in [2.24, 2.45) is 5.92 Å². The molecule has 2 aromatic heterocycles. The quantitative estimate of drug-likeness (QED) is 0.849. The maximum absolute atomic E-state index is 12.4. The standard InChI is InChI=1S/C15H18N4O3/c1-11-5-4-8-18(9-11)13(20)10-19-14(17-22-15(19)21)12-6-2-3-7-16-12/h2-3,6-7,11H,4-5,8-10H2,1H3. The molecule has 0 aliphatic carbocycles. The molecule has 3 rings (SSSR count). The number of pyridine rings is 1. The van der Waals surface area contributed by atoms with E-state index in [0.717, 1.165) is 25.9 Å². The second-order valence-corrected chi connectivity index (χ2v) is 5.66. The van der Waals surface area contributed by atoms with Gasteiger partial charge in [0.2, 0.25) is 11.7 Å². The third-order valence-corrected chi connectivity index (χ3v) is 3.88. The van der Waals surface area contributed by atoms with Crippen LogP contribution in [0, 0.1) is 5.92 Å². The molecule has 2 aromatic rings. The molecule has 7 heteroatoms. The third-order valence-electron chi connectivity index (χ3n) is 3.88. The molecule has 0 aromatic carbocycles. The Labute approximate surface area is 127 Å². The number of amides is 1. The molecule has 1 atom stereocenters. The molecule has 0 radical (unpaired) electrons. The molecule has 1 amide bonds. The maximum Gasteiger partial charge on any atom is 0.442 e. The zero-order valence-electron chi connectivity index (χ0n) is 12.4. The minimum atomic E-state index is -0.640. The van der Waals surface area contributed by atoms with Crippen molar-refractivity contribution in [1.82, 2.24) is 19.6 Å². The minimum Gasteiger partial charge on any atom is -0.341 e. The minimum absolute atomic E-state index is 0.0685. The molecule has 22 heavy (non-hydrogen) atoms. The van der Waals surface area contributed by atoms with Gasteiger partial charge >= 0.3 is 5.76 Å². The average Bonchev–Trinajstić information content (AvgIpc) is 2.89. The number of nitrogens with zero attached hydrogens (tertiary/aromatic N) is 4. The molecule has 1 aliphatic heterocycles. The highest BCUT2D eigenvalue weighted by Gasteiger charge is 2.23. The first-order valence-corrected chi connectivity index (χ1v) is 7.41. The van der Waals surface area contributed by atoms with Gasteiger partial charge in [0.1, 0.15) is 12.2 Å². The summed E-state index contributed by atoms with van der Waals surface area (Å²) in [6.07, 6.45) is 3.74. The SMILES string of the molecule is CC1CCCN(C(=O)Cn2c(-c3ccccn3)noc2=O)C1. The zero-order valence-corrected chi connectivity index (χ0v) is 12.4. The number of piperidine rings is 1. The summed E-state index contributed by atoms with van der Waals surface area (Å²) in [6, 6.07) is 5.29. The van der Waals surface area contributed by atoms with Crippen LogP contribution in [0.5, 0.6) is 0 Å². The van der Waals surface area contributed by atoms with E-state index in [4.69, 9.17) is 4.52 Å². The number of hydrogen-bond donors (Lipinski definition) is 0. The number of aromatic nitrogens is 3. The van der Waals surface area contributed by atoms with E-state index >= 15 is 0 Å². The van der Waals surface area contributed by atoms with Crippen LogP contribution in [0.3, 0.4) is 0 Å². The lowest BCUT2D eigenvalue weighted by atomic mass is 10.0.